The highest BCUT2D eigenvalue weighted by Gasteiger charge is 2.15. The molecule has 2 N–H and O–H groups in total. The van der Waals surface area contributed by atoms with Gasteiger partial charge in [-0.2, -0.15) is 8.42 Å². The van der Waals surface area contributed by atoms with Crippen molar-refractivity contribution in [2.45, 2.75) is 18.4 Å². The summed E-state index contributed by atoms with van der Waals surface area (Å²) in [4.78, 5) is 19.8. The van der Waals surface area contributed by atoms with Gasteiger partial charge in [-0.05, 0) is 6.07 Å². The minimum absolute atomic E-state index is 0.0414. The van der Waals surface area contributed by atoms with Crippen LogP contribution >= 0.6 is 0 Å². The van der Waals surface area contributed by atoms with Gasteiger partial charge in [-0.1, -0.05) is 36.4 Å². The first-order valence-corrected chi connectivity index (χ1v) is 10.2. The molecule has 0 spiro atoms. The summed E-state index contributed by atoms with van der Waals surface area (Å²) >= 11 is 0. The van der Waals surface area contributed by atoms with Crippen molar-refractivity contribution in [3.63, 3.8) is 0 Å². The number of rotatable bonds is 7. The highest BCUT2D eigenvalue weighted by Crippen LogP contribution is 2.16. The lowest BCUT2D eigenvalue weighted by molar-refractivity contribution is -0.902. The van der Waals surface area contributed by atoms with Crippen LogP contribution in [0.25, 0.3) is 0 Å². The second kappa shape index (κ2) is 10.6. The molecule has 9 nitrogen and oxygen atoms in total. The SMILES string of the molecule is CC(=O)NCC[N+](C)(C)Cc1ccccc1.O=[N+]([O-])c1cccc(S(=O)(=O)O)c1. The minimum atomic E-state index is -4.36. The number of nitro groups is 1. The van der Waals surface area contributed by atoms with Crippen LogP contribution in [0.1, 0.15) is 12.5 Å². The fourth-order valence-electron chi connectivity index (χ4n) is 2.45. The van der Waals surface area contributed by atoms with Gasteiger partial charge in [-0.15, -0.1) is 0 Å². The number of amides is 1. The zero-order valence-corrected chi connectivity index (χ0v) is 17.4. The molecule has 0 fully saturated rings. The summed E-state index contributed by atoms with van der Waals surface area (Å²) in [5.74, 6) is 0.0414. The van der Waals surface area contributed by atoms with Crippen LogP contribution in [0.4, 0.5) is 5.69 Å². The third-order valence-corrected chi connectivity index (χ3v) is 4.72. The molecule has 29 heavy (non-hydrogen) atoms. The molecule has 1 amide bonds. The molecular formula is C19H26N3O6S+. The van der Waals surface area contributed by atoms with E-state index >= 15 is 0 Å². The second-order valence-corrected chi connectivity index (χ2v) is 8.44. The number of hydrogen-bond donors (Lipinski definition) is 2. The Morgan fingerprint density at radius 3 is 2.28 bits per heavy atom. The summed E-state index contributed by atoms with van der Waals surface area (Å²) < 4.78 is 30.5. The summed E-state index contributed by atoms with van der Waals surface area (Å²) in [5, 5.41) is 13.0. The topological polar surface area (TPSA) is 127 Å². The standard InChI is InChI=1S/C13H20N2O.C6H5NO5S/c1-12(16)14-9-10-15(2,3)11-13-7-5-4-6-8-13;8-7(9)5-2-1-3-6(4-5)13(10,11)12/h4-8H,9-11H2,1-3H3;1-4H,(H,10,11,12)/p+1. The average molecular weight is 424 g/mol. The van der Waals surface area contributed by atoms with Crippen LogP contribution < -0.4 is 5.32 Å². The van der Waals surface area contributed by atoms with E-state index in [4.69, 9.17) is 4.55 Å². The van der Waals surface area contributed by atoms with E-state index < -0.39 is 19.9 Å². The van der Waals surface area contributed by atoms with Crippen molar-refractivity contribution in [1.29, 1.82) is 0 Å². The van der Waals surface area contributed by atoms with E-state index in [0.29, 0.717) is 0 Å². The van der Waals surface area contributed by atoms with Crippen molar-refractivity contribution in [3.8, 4) is 0 Å². The Hall–Kier alpha value is -2.82. The van der Waals surface area contributed by atoms with Gasteiger partial charge in [-0.3, -0.25) is 19.5 Å². The molecule has 0 bridgehead atoms. The Labute approximate surface area is 170 Å². The molecular weight excluding hydrogens is 398 g/mol. The van der Waals surface area contributed by atoms with E-state index in [9.17, 15) is 23.3 Å². The summed E-state index contributed by atoms with van der Waals surface area (Å²) in [6.45, 7) is 4.21. The van der Waals surface area contributed by atoms with Crippen LogP contribution in [-0.4, -0.2) is 55.5 Å². The zero-order valence-electron chi connectivity index (χ0n) is 16.6. The Kier molecular flexibility index (Phi) is 8.89. The van der Waals surface area contributed by atoms with Crippen molar-refractivity contribution >= 4 is 21.7 Å². The number of carbonyl (C=O) groups excluding carboxylic acids is 1. The number of benzene rings is 2. The Bertz CT molecular complexity index is 930. The maximum atomic E-state index is 10.8. The van der Waals surface area contributed by atoms with Gasteiger partial charge in [0.25, 0.3) is 15.8 Å². The van der Waals surface area contributed by atoms with Crippen molar-refractivity contribution in [2.24, 2.45) is 0 Å². The number of quaternary nitrogens is 1. The molecule has 0 atom stereocenters. The molecule has 158 valence electrons. The zero-order chi connectivity index (χ0) is 22.1. The third-order valence-electron chi connectivity index (χ3n) is 3.87. The van der Waals surface area contributed by atoms with Crippen LogP contribution in [-0.2, 0) is 21.5 Å². The quantitative estimate of drug-likeness (QED) is 0.304. The molecule has 0 radical (unpaired) electrons. The van der Waals surface area contributed by atoms with Gasteiger partial charge in [0.2, 0.25) is 5.91 Å². The van der Waals surface area contributed by atoms with Crippen LogP contribution in [0.5, 0.6) is 0 Å². The molecule has 0 unspecified atom stereocenters. The molecule has 2 aromatic rings. The van der Waals surface area contributed by atoms with Gasteiger partial charge in [0, 0.05) is 24.6 Å². The van der Waals surface area contributed by atoms with Crippen molar-refractivity contribution in [1.82, 2.24) is 5.32 Å². The van der Waals surface area contributed by atoms with Crippen LogP contribution in [0, 0.1) is 10.1 Å². The second-order valence-electron chi connectivity index (χ2n) is 7.02. The van der Waals surface area contributed by atoms with Crippen LogP contribution in [0.2, 0.25) is 0 Å². The van der Waals surface area contributed by atoms with E-state index in [1.807, 2.05) is 6.07 Å². The van der Waals surface area contributed by atoms with E-state index in [1.165, 1.54) is 11.6 Å². The number of nitro benzene ring substituents is 1. The molecule has 0 aliphatic heterocycles. The average Bonchev–Trinajstić information content (AvgIpc) is 2.61. The largest absolute Gasteiger partial charge is 0.351 e. The van der Waals surface area contributed by atoms with Crippen molar-refractivity contribution < 1.29 is 27.2 Å². The van der Waals surface area contributed by atoms with E-state index in [-0.39, 0.29) is 11.6 Å². The lowest BCUT2D eigenvalue weighted by atomic mass is 10.2. The first-order chi connectivity index (χ1) is 13.4. The van der Waals surface area contributed by atoms with Gasteiger partial charge in [0.1, 0.15) is 11.4 Å². The summed E-state index contributed by atoms with van der Waals surface area (Å²) in [5.41, 5.74) is 0.949. The molecule has 0 aliphatic rings. The number of carbonyl (C=O) groups is 1. The first kappa shape index (κ1) is 24.2. The maximum absolute atomic E-state index is 10.8. The third kappa shape index (κ3) is 9.79. The Balaban J connectivity index is 0.000000296. The van der Waals surface area contributed by atoms with Gasteiger partial charge in [-0.25, -0.2) is 0 Å². The van der Waals surface area contributed by atoms with E-state index in [2.05, 4.69) is 43.7 Å². The molecule has 2 aromatic carbocycles. The molecule has 0 aromatic heterocycles. The number of nitrogens with zero attached hydrogens (tertiary/aromatic N) is 2. The smallest absolute Gasteiger partial charge is 0.294 e. The fraction of sp³-hybridized carbons (Fsp3) is 0.316. The summed E-state index contributed by atoms with van der Waals surface area (Å²) in [6.07, 6.45) is 0. The highest BCUT2D eigenvalue weighted by molar-refractivity contribution is 7.85. The number of nitrogens with one attached hydrogen (secondary N) is 1. The molecule has 0 saturated heterocycles. The molecule has 10 heteroatoms. The van der Waals surface area contributed by atoms with Crippen molar-refractivity contribution in [2.75, 3.05) is 27.2 Å². The van der Waals surface area contributed by atoms with Crippen LogP contribution in [0.3, 0.4) is 0 Å². The van der Waals surface area contributed by atoms with Gasteiger partial charge in [0.15, 0.2) is 0 Å². The molecule has 0 aliphatic carbocycles. The Morgan fingerprint density at radius 2 is 1.76 bits per heavy atom. The van der Waals surface area contributed by atoms with Gasteiger partial charge < -0.3 is 9.80 Å². The number of hydrogen-bond acceptors (Lipinski definition) is 5. The summed E-state index contributed by atoms with van der Waals surface area (Å²) in [7, 11) is -0.0125. The monoisotopic (exact) mass is 424 g/mol. The van der Waals surface area contributed by atoms with E-state index in [1.54, 1.807) is 6.92 Å². The Morgan fingerprint density at radius 1 is 1.14 bits per heavy atom. The minimum Gasteiger partial charge on any atom is -0.351 e. The molecule has 2 rings (SSSR count). The summed E-state index contributed by atoms with van der Waals surface area (Å²) in [6, 6.07) is 14.6. The molecule has 0 heterocycles. The normalized spacial score (nSPS) is 11.2. The van der Waals surface area contributed by atoms with E-state index in [0.717, 1.165) is 42.3 Å². The van der Waals surface area contributed by atoms with Crippen molar-refractivity contribution in [3.05, 3.63) is 70.3 Å². The maximum Gasteiger partial charge on any atom is 0.294 e. The van der Waals surface area contributed by atoms with Gasteiger partial charge >= 0.3 is 0 Å². The molecule has 0 saturated carbocycles. The first-order valence-electron chi connectivity index (χ1n) is 8.73. The lowest BCUT2D eigenvalue weighted by Gasteiger charge is -2.29. The fourth-order valence-corrected chi connectivity index (χ4v) is 2.97. The predicted octanol–water partition coefficient (Wildman–Crippen LogP) is 2.24. The number of likely N-dealkylation sites (N-methyl/N-ethyl adjacent to an activating group) is 1. The number of non-ortho nitro benzene ring substituents is 1. The lowest BCUT2D eigenvalue weighted by Crippen LogP contribution is -2.44. The van der Waals surface area contributed by atoms with Gasteiger partial charge in [0.05, 0.1) is 32.1 Å². The van der Waals surface area contributed by atoms with Crippen LogP contribution in [0.15, 0.2) is 59.5 Å². The highest BCUT2D eigenvalue weighted by atomic mass is 32.2. The predicted molar refractivity (Wildman–Crippen MR) is 109 cm³/mol.